The van der Waals surface area contributed by atoms with Crippen molar-refractivity contribution in [3.63, 3.8) is 0 Å². The van der Waals surface area contributed by atoms with Gasteiger partial charge in [-0.25, -0.2) is 4.57 Å². The van der Waals surface area contributed by atoms with Gasteiger partial charge in [0, 0.05) is 17.7 Å². The molecular formula is C21H20N+. The zero-order valence-electron chi connectivity index (χ0n) is 13.1. The summed E-state index contributed by atoms with van der Waals surface area (Å²) in [5.41, 5.74) is 7.38. The third kappa shape index (κ3) is 2.71. The van der Waals surface area contributed by atoms with Crippen LogP contribution in [0.15, 0.2) is 73.4 Å². The first kappa shape index (κ1) is 14.3. The molecule has 0 radical (unpaired) electrons. The molecule has 108 valence electrons. The summed E-state index contributed by atoms with van der Waals surface area (Å²) >= 11 is 0. The maximum Gasteiger partial charge on any atom is 0.213 e. The summed E-state index contributed by atoms with van der Waals surface area (Å²) in [4.78, 5) is 0. The number of aryl methyl sites for hydroxylation is 2. The second-order valence-corrected chi connectivity index (χ2v) is 5.55. The normalized spacial score (nSPS) is 10.5. The van der Waals surface area contributed by atoms with Crippen LogP contribution in [0.3, 0.4) is 0 Å². The number of rotatable bonds is 3. The average Bonchev–Trinajstić information content (AvgIpc) is 2.56. The molecule has 3 rings (SSSR count). The van der Waals surface area contributed by atoms with Crippen molar-refractivity contribution in [2.75, 3.05) is 0 Å². The van der Waals surface area contributed by atoms with Crippen molar-refractivity contribution in [2.24, 2.45) is 7.05 Å². The van der Waals surface area contributed by atoms with Gasteiger partial charge in [0.05, 0.1) is 0 Å². The minimum atomic E-state index is 1.14. The van der Waals surface area contributed by atoms with Gasteiger partial charge in [-0.2, -0.15) is 0 Å². The highest BCUT2D eigenvalue weighted by Crippen LogP contribution is 2.25. The maximum atomic E-state index is 3.81. The van der Waals surface area contributed by atoms with Crippen LogP contribution in [0.2, 0.25) is 0 Å². The Hall–Kier alpha value is -2.67. The molecule has 0 aliphatic rings. The van der Waals surface area contributed by atoms with Crippen molar-refractivity contribution < 1.29 is 4.57 Å². The Labute approximate surface area is 132 Å². The minimum absolute atomic E-state index is 1.14. The van der Waals surface area contributed by atoms with Crippen LogP contribution in [0.25, 0.3) is 28.5 Å². The molecule has 1 nitrogen and oxygen atoms in total. The average molecular weight is 286 g/mol. The van der Waals surface area contributed by atoms with E-state index in [1.54, 1.807) is 0 Å². The van der Waals surface area contributed by atoms with Crippen LogP contribution >= 0.6 is 0 Å². The molecule has 2 aromatic carbocycles. The van der Waals surface area contributed by atoms with Crippen molar-refractivity contribution in [3.05, 3.63) is 84.6 Å². The fourth-order valence-corrected chi connectivity index (χ4v) is 2.69. The molecule has 0 N–H and O–H groups in total. The lowest BCUT2D eigenvalue weighted by Gasteiger charge is -2.07. The topological polar surface area (TPSA) is 3.88 Å². The lowest BCUT2D eigenvalue weighted by atomic mass is 10.00. The van der Waals surface area contributed by atoms with E-state index >= 15 is 0 Å². The predicted octanol–water partition coefficient (Wildman–Crippen LogP) is 4.80. The van der Waals surface area contributed by atoms with Gasteiger partial charge in [0.1, 0.15) is 7.05 Å². The van der Waals surface area contributed by atoms with Crippen LogP contribution in [0, 0.1) is 6.92 Å². The third-order valence-corrected chi connectivity index (χ3v) is 4.05. The molecule has 22 heavy (non-hydrogen) atoms. The fourth-order valence-electron chi connectivity index (χ4n) is 2.69. The van der Waals surface area contributed by atoms with Crippen LogP contribution in [-0.4, -0.2) is 0 Å². The first-order chi connectivity index (χ1) is 10.7. The van der Waals surface area contributed by atoms with Gasteiger partial charge in [-0.3, -0.25) is 0 Å². The SMILES string of the molecule is C=Cc1ccc(-c2cc[n+](C)c(-c3ccccc3C)c2)cc1. The van der Waals surface area contributed by atoms with Gasteiger partial charge in [0.25, 0.3) is 0 Å². The number of nitrogens with zero attached hydrogens (tertiary/aromatic N) is 1. The maximum absolute atomic E-state index is 3.81. The number of aromatic nitrogens is 1. The van der Waals surface area contributed by atoms with E-state index in [0.717, 1.165) is 5.56 Å². The summed E-state index contributed by atoms with van der Waals surface area (Å²) < 4.78 is 2.17. The Bertz CT molecular complexity index is 814. The first-order valence-electron chi connectivity index (χ1n) is 7.47. The van der Waals surface area contributed by atoms with Gasteiger partial charge >= 0.3 is 0 Å². The van der Waals surface area contributed by atoms with E-state index in [2.05, 4.69) is 92.0 Å². The third-order valence-electron chi connectivity index (χ3n) is 4.05. The highest BCUT2D eigenvalue weighted by molar-refractivity contribution is 5.70. The number of hydrogen-bond donors (Lipinski definition) is 0. The fraction of sp³-hybridized carbons (Fsp3) is 0.0952. The van der Waals surface area contributed by atoms with E-state index in [-0.39, 0.29) is 0 Å². The molecule has 1 heteroatoms. The van der Waals surface area contributed by atoms with Gasteiger partial charge in [-0.05, 0) is 35.2 Å². The Balaban J connectivity index is 2.10. The first-order valence-corrected chi connectivity index (χ1v) is 7.47. The van der Waals surface area contributed by atoms with Crippen LogP contribution in [-0.2, 0) is 7.05 Å². The van der Waals surface area contributed by atoms with Gasteiger partial charge < -0.3 is 0 Å². The van der Waals surface area contributed by atoms with E-state index in [1.165, 1.54) is 27.9 Å². The summed E-state index contributed by atoms with van der Waals surface area (Å²) in [6, 6.07) is 21.4. The minimum Gasteiger partial charge on any atom is -0.201 e. The largest absolute Gasteiger partial charge is 0.213 e. The second-order valence-electron chi connectivity index (χ2n) is 5.55. The molecule has 0 amide bonds. The molecule has 1 heterocycles. The molecule has 0 bridgehead atoms. The lowest BCUT2D eigenvalue weighted by Crippen LogP contribution is -2.30. The summed E-state index contributed by atoms with van der Waals surface area (Å²) in [6.07, 6.45) is 3.99. The quantitative estimate of drug-likeness (QED) is 0.609. The van der Waals surface area contributed by atoms with Gasteiger partial charge in [-0.15, -0.1) is 0 Å². The summed E-state index contributed by atoms with van der Waals surface area (Å²) in [7, 11) is 2.09. The standard InChI is InChI=1S/C21H20N/c1-4-17-9-11-18(12-10-17)19-13-14-22(3)21(15-19)20-8-6-5-7-16(20)2/h4-15H,1H2,2-3H3/q+1. The van der Waals surface area contributed by atoms with Crippen LogP contribution in [0.4, 0.5) is 0 Å². The Morgan fingerprint density at radius 3 is 2.32 bits per heavy atom. The zero-order chi connectivity index (χ0) is 15.5. The smallest absolute Gasteiger partial charge is 0.201 e. The van der Waals surface area contributed by atoms with Crippen molar-refractivity contribution >= 4 is 6.08 Å². The molecule has 0 saturated heterocycles. The molecule has 0 atom stereocenters. The Morgan fingerprint density at radius 2 is 1.64 bits per heavy atom. The van der Waals surface area contributed by atoms with Crippen molar-refractivity contribution in [1.29, 1.82) is 0 Å². The molecule has 1 aromatic heterocycles. The molecule has 0 aliphatic carbocycles. The summed E-state index contributed by atoms with van der Waals surface area (Å²) in [5, 5.41) is 0. The molecule has 0 unspecified atom stereocenters. The monoisotopic (exact) mass is 286 g/mol. The molecule has 3 aromatic rings. The second kappa shape index (κ2) is 5.98. The van der Waals surface area contributed by atoms with E-state index < -0.39 is 0 Å². The highest BCUT2D eigenvalue weighted by atomic mass is 14.9. The van der Waals surface area contributed by atoms with Gasteiger partial charge in [0.15, 0.2) is 6.20 Å². The van der Waals surface area contributed by atoms with E-state index in [1.807, 2.05) is 6.08 Å². The van der Waals surface area contributed by atoms with E-state index in [4.69, 9.17) is 0 Å². The summed E-state index contributed by atoms with van der Waals surface area (Å²) in [6.45, 7) is 5.96. The van der Waals surface area contributed by atoms with E-state index in [0.29, 0.717) is 0 Å². The number of hydrogen-bond acceptors (Lipinski definition) is 0. The van der Waals surface area contributed by atoms with Gasteiger partial charge in [-0.1, -0.05) is 55.1 Å². The Morgan fingerprint density at radius 1 is 0.909 bits per heavy atom. The molecule has 0 fully saturated rings. The van der Waals surface area contributed by atoms with E-state index in [9.17, 15) is 0 Å². The molecular weight excluding hydrogens is 266 g/mol. The molecule has 0 aliphatic heterocycles. The summed E-state index contributed by atoms with van der Waals surface area (Å²) in [5.74, 6) is 0. The van der Waals surface area contributed by atoms with Gasteiger partial charge in [0.2, 0.25) is 5.69 Å². The zero-order valence-corrected chi connectivity index (χ0v) is 13.1. The predicted molar refractivity (Wildman–Crippen MR) is 93.3 cm³/mol. The Kier molecular flexibility index (Phi) is 3.88. The number of pyridine rings is 1. The van der Waals surface area contributed by atoms with Crippen molar-refractivity contribution in [3.8, 4) is 22.4 Å². The number of benzene rings is 2. The van der Waals surface area contributed by atoms with Crippen molar-refractivity contribution in [1.82, 2.24) is 0 Å². The van der Waals surface area contributed by atoms with Crippen LogP contribution < -0.4 is 4.57 Å². The lowest BCUT2D eigenvalue weighted by molar-refractivity contribution is -0.660. The van der Waals surface area contributed by atoms with Crippen LogP contribution in [0.1, 0.15) is 11.1 Å². The molecule has 0 spiro atoms. The molecule has 0 saturated carbocycles. The van der Waals surface area contributed by atoms with Crippen molar-refractivity contribution in [2.45, 2.75) is 6.92 Å². The highest BCUT2D eigenvalue weighted by Gasteiger charge is 2.13. The van der Waals surface area contributed by atoms with Crippen LogP contribution in [0.5, 0.6) is 0 Å².